The van der Waals surface area contributed by atoms with Crippen LogP contribution in [-0.2, 0) is 10.4 Å². The van der Waals surface area contributed by atoms with Gasteiger partial charge in [0.1, 0.15) is 0 Å². The van der Waals surface area contributed by atoms with Gasteiger partial charge in [-0.2, -0.15) is 0 Å². The normalized spacial score (nSPS) is 6.44. The van der Waals surface area contributed by atoms with Gasteiger partial charge < -0.3 is 21.5 Å². The molecule has 0 rings (SSSR count). The van der Waals surface area contributed by atoms with Crippen LogP contribution in [-0.4, -0.2) is 83.8 Å². The van der Waals surface area contributed by atoms with Crippen molar-refractivity contribution in [3.05, 3.63) is 0 Å². The van der Waals surface area contributed by atoms with Crippen molar-refractivity contribution in [2.75, 3.05) is 0 Å². The molecule has 0 aromatic rings. The first-order chi connectivity index (χ1) is 2.00. The molecule has 0 amide bonds. The van der Waals surface area contributed by atoms with Gasteiger partial charge in [0.25, 0.3) is 0 Å². The van der Waals surface area contributed by atoms with Crippen LogP contribution in [0.4, 0.5) is 0 Å². The molecule has 0 radical (unpaired) electrons. The van der Waals surface area contributed by atoms with Crippen molar-refractivity contribution < 1.29 is 59.5 Å². The van der Waals surface area contributed by atoms with Gasteiger partial charge in [-0.05, 0) is 0 Å². The summed E-state index contributed by atoms with van der Waals surface area (Å²) in [5.74, 6) is 0. The SMILES string of the molecule is O=S(=O)([O-])[O-].[Al+3].[Ba+2].[Cl-].[Na+]. The molecule has 0 saturated heterocycles. The molecule has 0 spiro atoms. The fraction of sp³-hybridized carbons (Fsp3) is 0. The van der Waals surface area contributed by atoms with E-state index in [-0.39, 0.29) is 108 Å². The first kappa shape index (κ1) is 29.5. The summed E-state index contributed by atoms with van der Waals surface area (Å²) < 4.78 is 34.1. The van der Waals surface area contributed by atoms with E-state index in [9.17, 15) is 0 Å². The second-order valence-corrected chi connectivity index (χ2v) is 1.22. The molecular formula is AlBaClNaO4S+3. The van der Waals surface area contributed by atoms with Gasteiger partial charge in [-0.1, -0.05) is 0 Å². The van der Waals surface area contributed by atoms with Crippen LogP contribution in [0.15, 0.2) is 0 Å². The Labute approximate surface area is 133 Å². The molecule has 0 N–H and O–H groups in total. The average molecular weight is 319 g/mol. The first-order valence-electron chi connectivity index (χ1n) is 0.667. The third-order valence-electron chi connectivity index (χ3n) is 0. The topological polar surface area (TPSA) is 80.3 Å². The van der Waals surface area contributed by atoms with Crippen LogP contribution in [0.3, 0.4) is 0 Å². The summed E-state index contributed by atoms with van der Waals surface area (Å²) in [6.45, 7) is 0. The third-order valence-corrected chi connectivity index (χ3v) is 0. The van der Waals surface area contributed by atoms with E-state index in [2.05, 4.69) is 0 Å². The maximum absolute atomic E-state index is 8.52. The van der Waals surface area contributed by atoms with Gasteiger partial charge in [-0.25, -0.2) is 0 Å². The Kier molecular flexibility index (Phi) is 45.3. The standard InChI is InChI=1S/Al.Ba.ClH.Na.H2O4S/c;;;;1-5(2,3)4/h;;1H;;(H2,1,2,3,4)/q+3;+2;;+1;/p-3. The predicted molar refractivity (Wildman–Crippen MR) is 22.0 cm³/mol. The molecule has 0 saturated carbocycles. The van der Waals surface area contributed by atoms with Crippen LogP contribution in [0.25, 0.3) is 0 Å². The summed E-state index contributed by atoms with van der Waals surface area (Å²) in [6.07, 6.45) is 0. The molecule has 9 heteroatoms. The van der Waals surface area contributed by atoms with Crippen molar-refractivity contribution in [3.8, 4) is 0 Å². The number of hydrogen-bond donors (Lipinski definition) is 0. The Morgan fingerprint density at radius 2 is 1.11 bits per heavy atom. The summed E-state index contributed by atoms with van der Waals surface area (Å²) in [4.78, 5) is 0. The molecule has 0 aliphatic heterocycles. The van der Waals surface area contributed by atoms with Gasteiger partial charge in [0.15, 0.2) is 0 Å². The van der Waals surface area contributed by atoms with Gasteiger partial charge >= 0.3 is 95.8 Å². The summed E-state index contributed by atoms with van der Waals surface area (Å²) in [7, 11) is -5.17. The Bertz CT molecular complexity index is 104. The van der Waals surface area contributed by atoms with Gasteiger partial charge in [0.2, 0.25) is 0 Å². The molecule has 0 atom stereocenters. The van der Waals surface area contributed by atoms with Gasteiger partial charge in [-0.15, -0.1) is 0 Å². The molecule has 0 aromatic heterocycles. The molecule has 0 unspecified atom stereocenters. The Balaban J connectivity index is -0.0000000133. The van der Waals surface area contributed by atoms with Crippen LogP contribution in [0.5, 0.6) is 0 Å². The van der Waals surface area contributed by atoms with Crippen LogP contribution in [0, 0.1) is 0 Å². The zero-order valence-corrected chi connectivity index (χ0v) is 13.9. The molecule has 0 fully saturated rings. The number of hydrogen-bond acceptors (Lipinski definition) is 4. The van der Waals surface area contributed by atoms with E-state index in [0.29, 0.717) is 0 Å². The van der Waals surface area contributed by atoms with E-state index in [1.165, 1.54) is 0 Å². The minimum absolute atomic E-state index is 0. The van der Waals surface area contributed by atoms with Crippen molar-refractivity contribution in [2.24, 2.45) is 0 Å². The summed E-state index contributed by atoms with van der Waals surface area (Å²) in [5, 5.41) is 0. The zero-order valence-electron chi connectivity index (χ0n) is 4.70. The first-order valence-corrected chi connectivity index (χ1v) is 2.00. The minimum atomic E-state index is -5.17. The summed E-state index contributed by atoms with van der Waals surface area (Å²) in [6, 6.07) is 0. The molecular weight excluding hydrogens is 319 g/mol. The maximum atomic E-state index is 8.52. The van der Waals surface area contributed by atoms with E-state index in [0.717, 1.165) is 0 Å². The zero-order chi connectivity index (χ0) is 4.50. The van der Waals surface area contributed by atoms with Crippen molar-refractivity contribution in [2.45, 2.75) is 0 Å². The molecule has 40 valence electrons. The second kappa shape index (κ2) is 13.8. The quantitative estimate of drug-likeness (QED) is 0.252. The molecule has 4 nitrogen and oxygen atoms in total. The fourth-order valence-electron chi connectivity index (χ4n) is 0. The molecule has 0 bridgehead atoms. The number of halogens is 1. The minimum Gasteiger partial charge on any atom is -1.00 e. The van der Waals surface area contributed by atoms with Crippen LogP contribution < -0.4 is 42.0 Å². The van der Waals surface area contributed by atoms with E-state index in [1.807, 2.05) is 0 Å². The number of rotatable bonds is 0. The van der Waals surface area contributed by atoms with Crippen molar-refractivity contribution in [3.63, 3.8) is 0 Å². The fourth-order valence-corrected chi connectivity index (χ4v) is 0. The molecule has 0 heterocycles. The Morgan fingerprint density at radius 3 is 1.11 bits per heavy atom. The average Bonchev–Trinajstić information content (AvgIpc) is 0.722. The van der Waals surface area contributed by atoms with Gasteiger partial charge in [0.05, 0.1) is 0 Å². The van der Waals surface area contributed by atoms with E-state index < -0.39 is 10.4 Å². The van der Waals surface area contributed by atoms with Crippen LogP contribution >= 0.6 is 0 Å². The van der Waals surface area contributed by atoms with Gasteiger partial charge in [-0.3, -0.25) is 8.42 Å². The van der Waals surface area contributed by atoms with Crippen LogP contribution in [0.1, 0.15) is 0 Å². The van der Waals surface area contributed by atoms with E-state index in [4.69, 9.17) is 17.5 Å². The maximum Gasteiger partial charge on any atom is 3.00 e. The Morgan fingerprint density at radius 1 is 1.11 bits per heavy atom. The monoisotopic (exact) mass is 319 g/mol. The molecule has 0 aliphatic carbocycles. The van der Waals surface area contributed by atoms with Crippen LogP contribution in [0.2, 0.25) is 0 Å². The predicted octanol–water partition coefficient (Wildman–Crippen LogP) is -8.09. The molecule has 9 heavy (non-hydrogen) atoms. The van der Waals surface area contributed by atoms with Crippen molar-refractivity contribution in [1.29, 1.82) is 0 Å². The van der Waals surface area contributed by atoms with E-state index in [1.54, 1.807) is 0 Å². The van der Waals surface area contributed by atoms with Gasteiger partial charge in [0, 0.05) is 10.4 Å². The Hall–Kier alpha value is 3.26. The summed E-state index contributed by atoms with van der Waals surface area (Å²) >= 11 is 0. The molecule has 0 aliphatic rings. The van der Waals surface area contributed by atoms with Crippen molar-refractivity contribution >= 4 is 76.6 Å². The third kappa shape index (κ3) is 90.7. The van der Waals surface area contributed by atoms with E-state index >= 15 is 0 Å². The van der Waals surface area contributed by atoms with Crippen molar-refractivity contribution in [1.82, 2.24) is 0 Å². The summed E-state index contributed by atoms with van der Waals surface area (Å²) in [5.41, 5.74) is 0. The smallest absolute Gasteiger partial charge is 1.00 e. The molecule has 0 aromatic carbocycles. The largest absolute Gasteiger partial charge is 3.00 e. The second-order valence-electron chi connectivity index (χ2n) is 0.408.